The highest BCUT2D eigenvalue weighted by Crippen LogP contribution is 2.39. The van der Waals surface area contributed by atoms with E-state index in [2.05, 4.69) is 5.32 Å². The summed E-state index contributed by atoms with van der Waals surface area (Å²) in [5, 5.41) is 5.05. The topological polar surface area (TPSA) is 67.9 Å². The first-order valence-electron chi connectivity index (χ1n) is 10.2. The number of imide groups is 1. The molecule has 6 nitrogen and oxygen atoms in total. The van der Waals surface area contributed by atoms with Crippen molar-refractivity contribution < 1.29 is 19.1 Å². The number of carbonyl (C=O) groups excluding carboxylic acids is 2. The molecule has 0 bridgehead atoms. The second-order valence-corrected chi connectivity index (χ2v) is 8.61. The molecule has 2 aromatic carbocycles. The molecule has 164 valence electrons. The van der Waals surface area contributed by atoms with Gasteiger partial charge in [-0.15, -0.1) is 11.3 Å². The van der Waals surface area contributed by atoms with Crippen molar-refractivity contribution in [2.24, 2.45) is 0 Å². The van der Waals surface area contributed by atoms with E-state index >= 15 is 0 Å². The summed E-state index contributed by atoms with van der Waals surface area (Å²) in [6.07, 6.45) is 0.0637. The number of nitrogens with zero attached hydrogens (tertiary/aromatic N) is 1. The van der Waals surface area contributed by atoms with Crippen LogP contribution < -0.4 is 19.7 Å². The standard InChI is InChI=1S/C25H24N2O4S/c1-15(2)31-18-10-8-17(9-11-18)26-23-22(21-6-5-13-32-21)24(28)27(25(23)29)19-14-16(3)7-12-20(19)30-4/h5-15,26H,1-4H3. The first kappa shape index (κ1) is 21.6. The van der Waals surface area contributed by atoms with Crippen molar-refractivity contribution in [3.05, 3.63) is 76.1 Å². The smallest absolute Gasteiger partial charge is 0.282 e. The molecule has 0 spiro atoms. The zero-order valence-electron chi connectivity index (χ0n) is 18.3. The molecule has 32 heavy (non-hydrogen) atoms. The molecule has 0 fully saturated rings. The number of hydrogen-bond acceptors (Lipinski definition) is 6. The minimum atomic E-state index is -0.426. The Morgan fingerprint density at radius 2 is 1.75 bits per heavy atom. The normalized spacial score (nSPS) is 13.8. The highest BCUT2D eigenvalue weighted by Gasteiger charge is 2.41. The molecule has 0 aliphatic carbocycles. The Morgan fingerprint density at radius 1 is 1.00 bits per heavy atom. The quantitative estimate of drug-likeness (QED) is 0.500. The molecular formula is C25H24N2O4S. The van der Waals surface area contributed by atoms with Gasteiger partial charge in [0, 0.05) is 10.6 Å². The molecule has 0 unspecified atom stereocenters. The second-order valence-electron chi connectivity index (χ2n) is 7.66. The van der Waals surface area contributed by atoms with Crippen LogP contribution in [0.1, 0.15) is 24.3 Å². The Balaban J connectivity index is 1.74. The Morgan fingerprint density at radius 3 is 2.38 bits per heavy atom. The number of thiophene rings is 1. The Labute approximate surface area is 191 Å². The lowest BCUT2D eigenvalue weighted by Gasteiger charge is -2.19. The lowest BCUT2D eigenvalue weighted by molar-refractivity contribution is -0.120. The third-order valence-electron chi connectivity index (χ3n) is 4.92. The van der Waals surface area contributed by atoms with Crippen LogP contribution in [-0.4, -0.2) is 25.0 Å². The molecule has 1 aliphatic heterocycles. The Bertz CT molecular complexity index is 1180. The minimum Gasteiger partial charge on any atom is -0.495 e. The molecular weight excluding hydrogens is 424 g/mol. The number of aryl methyl sites for hydroxylation is 1. The predicted octanol–water partition coefficient (Wildman–Crippen LogP) is 5.25. The molecule has 2 heterocycles. The molecule has 1 aliphatic rings. The van der Waals surface area contributed by atoms with E-state index in [0.29, 0.717) is 22.7 Å². The zero-order valence-corrected chi connectivity index (χ0v) is 19.2. The largest absolute Gasteiger partial charge is 0.495 e. The number of anilines is 2. The molecule has 2 amide bonds. The Kier molecular flexibility index (Phi) is 6.01. The summed E-state index contributed by atoms with van der Waals surface area (Å²) in [5.41, 5.74) is 2.61. The van der Waals surface area contributed by atoms with Crippen molar-refractivity contribution in [2.45, 2.75) is 26.9 Å². The first-order chi connectivity index (χ1) is 15.4. The van der Waals surface area contributed by atoms with Crippen LogP contribution in [0.5, 0.6) is 11.5 Å². The van der Waals surface area contributed by atoms with Crippen LogP contribution in [-0.2, 0) is 9.59 Å². The number of ether oxygens (including phenoxy) is 2. The van der Waals surface area contributed by atoms with Gasteiger partial charge in [-0.05, 0) is 74.2 Å². The fourth-order valence-corrected chi connectivity index (χ4v) is 4.29. The molecule has 1 N–H and O–H groups in total. The van der Waals surface area contributed by atoms with E-state index in [1.165, 1.54) is 23.3 Å². The Hall–Kier alpha value is -3.58. The number of amides is 2. The SMILES string of the molecule is COc1ccc(C)cc1N1C(=O)C(Nc2ccc(OC(C)C)cc2)=C(c2cccs2)C1=O. The van der Waals surface area contributed by atoms with E-state index in [0.717, 1.165) is 16.2 Å². The van der Waals surface area contributed by atoms with Crippen LogP contribution in [0.4, 0.5) is 11.4 Å². The van der Waals surface area contributed by atoms with E-state index in [-0.39, 0.29) is 17.7 Å². The van der Waals surface area contributed by atoms with Gasteiger partial charge in [-0.1, -0.05) is 12.1 Å². The van der Waals surface area contributed by atoms with Crippen LogP contribution in [0.3, 0.4) is 0 Å². The molecule has 1 aromatic heterocycles. The number of rotatable bonds is 7. The fourth-order valence-electron chi connectivity index (χ4n) is 3.52. The van der Waals surface area contributed by atoms with Crippen molar-refractivity contribution in [3.63, 3.8) is 0 Å². The van der Waals surface area contributed by atoms with Crippen molar-refractivity contribution in [2.75, 3.05) is 17.3 Å². The summed E-state index contributed by atoms with van der Waals surface area (Å²) in [5.74, 6) is 0.380. The molecule has 0 saturated heterocycles. The fraction of sp³-hybridized carbons (Fsp3) is 0.200. The number of carbonyl (C=O) groups is 2. The molecule has 3 aromatic rings. The average Bonchev–Trinajstić information content (AvgIpc) is 3.36. The first-order valence-corrected chi connectivity index (χ1v) is 11.1. The van der Waals surface area contributed by atoms with Crippen molar-refractivity contribution in [3.8, 4) is 11.5 Å². The van der Waals surface area contributed by atoms with Crippen molar-refractivity contribution >= 4 is 40.1 Å². The zero-order chi connectivity index (χ0) is 22.8. The van der Waals surface area contributed by atoms with E-state index < -0.39 is 5.91 Å². The van der Waals surface area contributed by atoms with Gasteiger partial charge in [0.1, 0.15) is 17.2 Å². The maximum atomic E-state index is 13.5. The van der Waals surface area contributed by atoms with Crippen LogP contribution in [0.25, 0.3) is 5.57 Å². The summed E-state index contributed by atoms with van der Waals surface area (Å²) in [7, 11) is 1.52. The maximum Gasteiger partial charge on any atom is 0.282 e. The van der Waals surface area contributed by atoms with E-state index in [9.17, 15) is 9.59 Å². The molecule has 0 saturated carbocycles. The lowest BCUT2D eigenvalue weighted by Crippen LogP contribution is -2.32. The summed E-state index contributed by atoms with van der Waals surface area (Å²) in [6.45, 7) is 5.82. The second kappa shape index (κ2) is 8.88. The van der Waals surface area contributed by atoms with Crippen LogP contribution in [0, 0.1) is 6.92 Å². The van der Waals surface area contributed by atoms with Gasteiger partial charge in [-0.3, -0.25) is 9.59 Å². The summed E-state index contributed by atoms with van der Waals surface area (Å²) in [4.78, 5) is 28.9. The van der Waals surface area contributed by atoms with Gasteiger partial charge < -0.3 is 14.8 Å². The van der Waals surface area contributed by atoms with Gasteiger partial charge in [-0.25, -0.2) is 4.90 Å². The van der Waals surface area contributed by atoms with Gasteiger partial charge >= 0.3 is 0 Å². The van der Waals surface area contributed by atoms with Gasteiger partial charge in [0.25, 0.3) is 11.8 Å². The highest BCUT2D eigenvalue weighted by molar-refractivity contribution is 7.11. The van der Waals surface area contributed by atoms with E-state index in [1.54, 1.807) is 12.1 Å². The lowest BCUT2D eigenvalue weighted by atomic mass is 10.1. The molecule has 0 atom stereocenters. The number of hydrogen-bond donors (Lipinski definition) is 1. The third kappa shape index (κ3) is 4.11. The van der Waals surface area contributed by atoms with Gasteiger partial charge in [0.05, 0.1) is 24.5 Å². The van der Waals surface area contributed by atoms with Crippen LogP contribution in [0.2, 0.25) is 0 Å². The van der Waals surface area contributed by atoms with Gasteiger partial charge in [0.2, 0.25) is 0 Å². The van der Waals surface area contributed by atoms with E-state index in [1.807, 2.05) is 68.6 Å². The maximum absolute atomic E-state index is 13.5. The third-order valence-corrected chi connectivity index (χ3v) is 5.81. The summed E-state index contributed by atoms with van der Waals surface area (Å²) < 4.78 is 11.1. The van der Waals surface area contributed by atoms with Gasteiger partial charge in [0.15, 0.2) is 0 Å². The monoisotopic (exact) mass is 448 g/mol. The van der Waals surface area contributed by atoms with Crippen LogP contribution in [0.15, 0.2) is 65.7 Å². The summed E-state index contributed by atoms with van der Waals surface area (Å²) in [6, 6.07) is 16.4. The highest BCUT2D eigenvalue weighted by atomic mass is 32.1. The molecule has 7 heteroatoms. The summed E-state index contributed by atoms with van der Waals surface area (Å²) >= 11 is 1.41. The number of nitrogens with one attached hydrogen (secondary N) is 1. The number of methoxy groups -OCH3 is 1. The van der Waals surface area contributed by atoms with Gasteiger partial charge in [-0.2, -0.15) is 0 Å². The van der Waals surface area contributed by atoms with E-state index in [4.69, 9.17) is 9.47 Å². The molecule has 4 rings (SSSR count). The van der Waals surface area contributed by atoms with Crippen LogP contribution >= 0.6 is 11.3 Å². The molecule has 0 radical (unpaired) electrons. The average molecular weight is 449 g/mol. The van der Waals surface area contributed by atoms with Crippen molar-refractivity contribution in [1.82, 2.24) is 0 Å². The van der Waals surface area contributed by atoms with Crippen molar-refractivity contribution in [1.29, 1.82) is 0 Å². The predicted molar refractivity (Wildman–Crippen MR) is 127 cm³/mol. The minimum absolute atomic E-state index is 0.0637. The number of benzene rings is 2.